The van der Waals surface area contributed by atoms with Gasteiger partial charge >= 0.3 is 65.8 Å². The van der Waals surface area contributed by atoms with Crippen molar-refractivity contribution in [3.63, 3.8) is 0 Å². The predicted octanol–water partition coefficient (Wildman–Crippen LogP) is 0.0741. The molecule has 29 nitrogen and oxygen atoms in total. The van der Waals surface area contributed by atoms with Crippen LogP contribution in [-0.2, 0) is 128 Å². The maximum Gasteiger partial charge on any atom is 0.407 e. The molecule has 29 heteroatoms. The van der Waals surface area contributed by atoms with Crippen molar-refractivity contribution in [2.75, 3.05) is 33.0 Å². The van der Waals surface area contributed by atoms with Gasteiger partial charge in [-0.05, 0) is 27.2 Å². The molecule has 3 rings (SSSR count). The average molecular weight is 1080 g/mol. The van der Waals surface area contributed by atoms with Crippen molar-refractivity contribution in [1.29, 1.82) is 0 Å². The minimum Gasteiger partial charge on any atom is -0.463 e. The van der Waals surface area contributed by atoms with E-state index in [1.807, 2.05) is 0 Å². The minimum atomic E-state index is -2.14. The Bertz CT molecular complexity index is 2040. The zero-order chi connectivity index (χ0) is 56.5. The van der Waals surface area contributed by atoms with Gasteiger partial charge in [0, 0.05) is 75.8 Å². The maximum absolute atomic E-state index is 13.1. The van der Waals surface area contributed by atoms with E-state index in [-0.39, 0.29) is 19.6 Å². The number of alkyl carbamates (subject to hydrolysis) is 1. The molecule has 3 saturated heterocycles. The summed E-state index contributed by atoms with van der Waals surface area (Å²) in [6.45, 7) is 12.5. The summed E-state index contributed by atoms with van der Waals surface area (Å²) in [5.74, 6) is -9.59. The highest BCUT2D eigenvalue weighted by atomic mass is 16.8. The molecule has 3 aliphatic heterocycles. The summed E-state index contributed by atoms with van der Waals surface area (Å²) in [5.41, 5.74) is -0.832. The van der Waals surface area contributed by atoms with E-state index < -0.39 is 183 Å². The number of hydrogen-bond acceptors (Lipinski definition) is 28. The summed E-state index contributed by atoms with van der Waals surface area (Å²) in [5, 5.41) is 2.56. The third-order valence-corrected chi connectivity index (χ3v) is 10.1. The van der Waals surface area contributed by atoms with Gasteiger partial charge in [0.15, 0.2) is 73.8 Å². The summed E-state index contributed by atoms with van der Waals surface area (Å²) in [7, 11) is 0. The van der Waals surface area contributed by atoms with Crippen molar-refractivity contribution in [2.24, 2.45) is 0 Å². The van der Waals surface area contributed by atoms with E-state index in [0.717, 1.165) is 69.2 Å². The van der Waals surface area contributed by atoms with E-state index in [1.54, 1.807) is 20.8 Å². The Kier molecular flexibility index (Phi) is 24.5. The Balaban J connectivity index is 2.38. The first-order chi connectivity index (χ1) is 35.0. The number of amides is 1. The summed E-state index contributed by atoms with van der Waals surface area (Å²) in [6.07, 6.45) is -28.1. The second kappa shape index (κ2) is 29.1. The van der Waals surface area contributed by atoms with E-state index >= 15 is 0 Å². The summed E-state index contributed by atoms with van der Waals surface area (Å²) < 4.78 is 98.4. The summed E-state index contributed by atoms with van der Waals surface area (Å²) in [6, 6.07) is 0. The molecular formula is C46H67NO28. The van der Waals surface area contributed by atoms with Crippen molar-refractivity contribution in [2.45, 2.75) is 194 Å². The number of ether oxygens (including phenoxy) is 17. The van der Waals surface area contributed by atoms with E-state index in [2.05, 4.69) is 5.32 Å². The van der Waals surface area contributed by atoms with Gasteiger partial charge < -0.3 is 85.8 Å². The molecule has 0 aromatic carbocycles. The third kappa shape index (κ3) is 21.1. The first-order valence-electron chi connectivity index (χ1n) is 23.4. The van der Waals surface area contributed by atoms with E-state index in [0.29, 0.717) is 0 Å². The lowest BCUT2D eigenvalue weighted by Crippen LogP contribution is -2.69. The van der Waals surface area contributed by atoms with Crippen molar-refractivity contribution in [3.8, 4) is 0 Å². The molecule has 0 spiro atoms. The highest BCUT2D eigenvalue weighted by Gasteiger charge is 2.60. The molecule has 0 aliphatic carbocycles. The quantitative estimate of drug-likeness (QED) is 0.0852. The third-order valence-electron chi connectivity index (χ3n) is 10.1. The minimum absolute atomic E-state index is 0.0372. The Morgan fingerprint density at radius 3 is 1.01 bits per heavy atom. The Morgan fingerprint density at radius 2 is 0.680 bits per heavy atom. The molecule has 0 unspecified atom stereocenters. The Hall–Kier alpha value is -6.27. The van der Waals surface area contributed by atoms with Crippen LogP contribution in [-0.4, -0.2) is 196 Å². The van der Waals surface area contributed by atoms with Gasteiger partial charge in [-0.25, -0.2) is 4.79 Å². The van der Waals surface area contributed by atoms with Gasteiger partial charge in [-0.1, -0.05) is 0 Å². The van der Waals surface area contributed by atoms with Gasteiger partial charge in [-0.15, -0.1) is 0 Å². The van der Waals surface area contributed by atoms with Crippen LogP contribution in [0.4, 0.5) is 4.79 Å². The maximum atomic E-state index is 13.1. The van der Waals surface area contributed by atoms with Crippen LogP contribution < -0.4 is 5.32 Å². The van der Waals surface area contributed by atoms with Crippen LogP contribution in [0.2, 0.25) is 0 Å². The molecule has 0 aromatic heterocycles. The zero-order valence-electron chi connectivity index (χ0n) is 43.8. The molecule has 75 heavy (non-hydrogen) atoms. The molecule has 3 aliphatic rings. The molecule has 0 aromatic rings. The van der Waals surface area contributed by atoms with Gasteiger partial charge in [0.1, 0.15) is 43.7 Å². The summed E-state index contributed by atoms with van der Waals surface area (Å²) in [4.78, 5) is 139. The summed E-state index contributed by atoms with van der Waals surface area (Å²) >= 11 is 0. The molecule has 3 fully saturated rings. The average Bonchev–Trinajstić information content (AvgIpc) is 3.25. The highest BCUT2D eigenvalue weighted by molar-refractivity contribution is 5.70. The van der Waals surface area contributed by atoms with E-state index in [1.165, 1.54) is 0 Å². The number of carbonyl (C=O) groups is 11. The van der Waals surface area contributed by atoms with Crippen molar-refractivity contribution >= 4 is 65.8 Å². The van der Waals surface area contributed by atoms with Crippen LogP contribution in [0.3, 0.4) is 0 Å². The molecule has 0 radical (unpaired) electrons. The van der Waals surface area contributed by atoms with Gasteiger partial charge in [0.2, 0.25) is 0 Å². The Labute approximate surface area is 430 Å². The molecular weight excluding hydrogens is 1010 g/mol. The van der Waals surface area contributed by atoms with Crippen molar-refractivity contribution in [1.82, 2.24) is 5.32 Å². The predicted molar refractivity (Wildman–Crippen MR) is 239 cm³/mol. The second-order valence-corrected chi connectivity index (χ2v) is 17.9. The molecule has 424 valence electrons. The molecule has 1 amide bonds. The van der Waals surface area contributed by atoms with Crippen LogP contribution in [0, 0.1) is 0 Å². The van der Waals surface area contributed by atoms with Crippen LogP contribution in [0.1, 0.15) is 96.4 Å². The molecule has 3 heterocycles. The van der Waals surface area contributed by atoms with Gasteiger partial charge in [-0.2, -0.15) is 0 Å². The van der Waals surface area contributed by atoms with E-state index in [9.17, 15) is 52.7 Å². The van der Waals surface area contributed by atoms with Crippen LogP contribution >= 0.6 is 0 Å². The fourth-order valence-corrected chi connectivity index (χ4v) is 7.66. The standard InChI is InChI=1S/C46H67NO28/c1-20(48)60-17-30-33(63-23(4)51)36(66-26(7)54)39(42(70-30)59-16-14-15-47-45(58)75-46(11,12)13)73-44-41(38(68-28(9)56)35(65-25(6)53)32(72-44)19-62-22(3)50)74-43-40(69-29(10)57)37(67-27(8)55)34(64-24(5)52)31(71-43)18-61-21(2)49/h30-44H,14-19H2,1-13H3,(H,47,58)/t30-,31-,32-,33-,34-,35-,36+,37+,38+,39+,40+,41+,42+,43-,44-/m1/s1. The Morgan fingerprint density at radius 1 is 0.387 bits per heavy atom. The highest BCUT2D eigenvalue weighted by Crippen LogP contribution is 2.38. The topological polar surface area (TPSA) is 357 Å². The number of carbonyl (C=O) groups excluding carboxylic acids is 11. The molecule has 1 N–H and O–H groups in total. The fourth-order valence-electron chi connectivity index (χ4n) is 7.66. The molecule has 15 atom stereocenters. The van der Waals surface area contributed by atoms with E-state index in [4.69, 9.17) is 80.5 Å². The normalized spacial score (nSPS) is 29.4. The van der Waals surface area contributed by atoms with Crippen LogP contribution in [0.25, 0.3) is 0 Å². The first kappa shape index (κ1) is 63.0. The smallest absolute Gasteiger partial charge is 0.407 e. The molecule has 0 bridgehead atoms. The van der Waals surface area contributed by atoms with Crippen molar-refractivity contribution < 1.29 is 133 Å². The number of hydrogen-bond donors (Lipinski definition) is 1. The second-order valence-electron chi connectivity index (χ2n) is 17.9. The van der Waals surface area contributed by atoms with Crippen molar-refractivity contribution in [3.05, 3.63) is 0 Å². The van der Waals surface area contributed by atoms with Gasteiger partial charge in [0.05, 0.1) is 6.61 Å². The fraction of sp³-hybridized carbons (Fsp3) is 0.761. The lowest BCUT2D eigenvalue weighted by molar-refractivity contribution is -0.393. The zero-order valence-corrected chi connectivity index (χ0v) is 43.8. The lowest BCUT2D eigenvalue weighted by atomic mass is 9.95. The lowest BCUT2D eigenvalue weighted by Gasteiger charge is -2.50. The number of rotatable bonds is 22. The number of esters is 10. The molecule has 0 saturated carbocycles. The first-order valence-corrected chi connectivity index (χ1v) is 23.4. The number of nitrogens with one attached hydrogen (secondary N) is 1. The largest absolute Gasteiger partial charge is 0.463 e. The monoisotopic (exact) mass is 1080 g/mol. The van der Waals surface area contributed by atoms with Crippen LogP contribution in [0.5, 0.6) is 0 Å². The SMILES string of the molecule is CC(=O)OC[C@H]1O[C@H](O[C@@H]2[C@@H](O[C@@H]3[C@@H](OCCCNC(=O)OC(C)(C)C)O[C@H](COC(C)=O)[C@@H](OC(C)=O)[C@@H]3OC(C)=O)O[C@H](COC(C)=O)[C@@H](OC(C)=O)[C@@H]2OC(C)=O)[C@@H](OC(C)=O)[C@@H](OC(C)=O)[C@@H]1OC(C)=O. The van der Waals surface area contributed by atoms with Gasteiger partial charge in [-0.3, -0.25) is 47.9 Å². The van der Waals surface area contributed by atoms with Crippen LogP contribution in [0.15, 0.2) is 0 Å². The van der Waals surface area contributed by atoms with Gasteiger partial charge in [0.25, 0.3) is 0 Å².